The molecule has 2 aromatic carbocycles. The molecule has 4 heteroatoms. The molecule has 100 valence electrons. The van der Waals surface area contributed by atoms with Crippen molar-refractivity contribution in [3.63, 3.8) is 0 Å². The maximum Gasteiger partial charge on any atom is 0.125 e. The lowest BCUT2D eigenvalue weighted by atomic mass is 10.1. The van der Waals surface area contributed by atoms with Crippen molar-refractivity contribution >= 4 is 27.5 Å². The third kappa shape index (κ3) is 3.96. The fourth-order valence-electron chi connectivity index (χ4n) is 1.80. The first-order valence-electron chi connectivity index (χ1n) is 5.98. The molecular weight excluding hydrogens is 326 g/mol. The summed E-state index contributed by atoms with van der Waals surface area (Å²) in [6.07, 6.45) is 0. The molecule has 2 rings (SSSR count). The normalized spacial score (nSPS) is 12.2. The molecule has 0 heterocycles. The number of nitrogens with two attached hydrogens (primary N) is 1. The van der Waals surface area contributed by atoms with Crippen LogP contribution in [0, 0.1) is 0 Å². The number of hydrogen-bond donors (Lipinski definition) is 1. The lowest BCUT2D eigenvalue weighted by molar-refractivity contribution is 0.301. The molecule has 0 saturated heterocycles. The van der Waals surface area contributed by atoms with Gasteiger partial charge in [0.15, 0.2) is 0 Å². The van der Waals surface area contributed by atoms with Gasteiger partial charge in [-0.25, -0.2) is 0 Å². The van der Waals surface area contributed by atoms with Crippen LogP contribution in [-0.2, 0) is 6.61 Å². The minimum Gasteiger partial charge on any atom is -0.489 e. The summed E-state index contributed by atoms with van der Waals surface area (Å²) in [5, 5.41) is 0.711. The molecule has 2 aromatic rings. The van der Waals surface area contributed by atoms with E-state index in [1.807, 2.05) is 49.4 Å². The molecule has 0 amide bonds. The van der Waals surface area contributed by atoms with Crippen molar-refractivity contribution in [1.82, 2.24) is 0 Å². The predicted molar refractivity (Wildman–Crippen MR) is 82.5 cm³/mol. The Balaban J connectivity index is 2.17. The predicted octanol–water partition coefficient (Wildman–Crippen LogP) is 4.70. The zero-order chi connectivity index (χ0) is 13.8. The van der Waals surface area contributed by atoms with Crippen molar-refractivity contribution in [1.29, 1.82) is 0 Å². The van der Waals surface area contributed by atoms with Gasteiger partial charge in [-0.15, -0.1) is 0 Å². The minimum atomic E-state index is -0.0672. The highest BCUT2D eigenvalue weighted by atomic mass is 79.9. The first-order valence-corrected chi connectivity index (χ1v) is 7.15. The van der Waals surface area contributed by atoms with Crippen molar-refractivity contribution < 1.29 is 4.74 Å². The Labute approximate surface area is 126 Å². The van der Waals surface area contributed by atoms with Gasteiger partial charge in [-0.3, -0.25) is 0 Å². The molecule has 1 atom stereocenters. The van der Waals surface area contributed by atoms with Crippen LogP contribution in [0.5, 0.6) is 5.75 Å². The molecule has 0 aromatic heterocycles. The van der Waals surface area contributed by atoms with Gasteiger partial charge in [-0.1, -0.05) is 45.7 Å². The van der Waals surface area contributed by atoms with Gasteiger partial charge in [0.25, 0.3) is 0 Å². The van der Waals surface area contributed by atoms with Gasteiger partial charge in [-0.05, 0) is 36.8 Å². The van der Waals surface area contributed by atoms with E-state index in [2.05, 4.69) is 15.9 Å². The molecule has 0 radical (unpaired) electrons. The molecule has 0 saturated carbocycles. The molecule has 0 aliphatic rings. The van der Waals surface area contributed by atoms with Gasteiger partial charge in [-0.2, -0.15) is 0 Å². The van der Waals surface area contributed by atoms with Crippen LogP contribution in [0.15, 0.2) is 46.9 Å². The monoisotopic (exact) mass is 339 g/mol. The van der Waals surface area contributed by atoms with E-state index in [4.69, 9.17) is 22.1 Å². The average molecular weight is 341 g/mol. The van der Waals surface area contributed by atoms with Crippen LogP contribution in [-0.4, -0.2) is 0 Å². The lowest BCUT2D eigenvalue weighted by Gasteiger charge is -2.14. The second-order valence-electron chi connectivity index (χ2n) is 4.39. The summed E-state index contributed by atoms with van der Waals surface area (Å²) in [4.78, 5) is 0. The number of hydrogen-bond acceptors (Lipinski definition) is 2. The molecular formula is C15H15BrClNO. The fraction of sp³-hybridized carbons (Fsp3) is 0.200. The van der Waals surface area contributed by atoms with E-state index in [-0.39, 0.29) is 6.04 Å². The van der Waals surface area contributed by atoms with E-state index in [1.54, 1.807) is 0 Å². The highest BCUT2D eigenvalue weighted by Crippen LogP contribution is 2.28. The Hall–Kier alpha value is -1.03. The van der Waals surface area contributed by atoms with Crippen molar-refractivity contribution in [2.75, 3.05) is 0 Å². The fourth-order valence-corrected chi connectivity index (χ4v) is 2.35. The summed E-state index contributed by atoms with van der Waals surface area (Å²) in [6, 6.07) is 13.4. The maximum absolute atomic E-state index is 5.95. The second kappa shape index (κ2) is 6.42. The molecule has 2 nitrogen and oxygen atoms in total. The van der Waals surface area contributed by atoms with E-state index in [0.29, 0.717) is 11.6 Å². The van der Waals surface area contributed by atoms with Crippen molar-refractivity contribution in [3.8, 4) is 5.75 Å². The highest BCUT2D eigenvalue weighted by Gasteiger charge is 2.09. The lowest BCUT2D eigenvalue weighted by Crippen LogP contribution is -2.08. The Morgan fingerprint density at radius 3 is 2.74 bits per heavy atom. The van der Waals surface area contributed by atoms with Gasteiger partial charge in [0.1, 0.15) is 12.4 Å². The largest absolute Gasteiger partial charge is 0.489 e. The molecule has 0 unspecified atom stereocenters. The zero-order valence-electron chi connectivity index (χ0n) is 10.6. The van der Waals surface area contributed by atoms with Gasteiger partial charge < -0.3 is 10.5 Å². The zero-order valence-corrected chi connectivity index (χ0v) is 12.9. The number of benzene rings is 2. The number of halogens is 2. The van der Waals surface area contributed by atoms with Crippen molar-refractivity contribution in [3.05, 3.63) is 63.1 Å². The van der Waals surface area contributed by atoms with Gasteiger partial charge in [0.2, 0.25) is 0 Å². The summed E-state index contributed by atoms with van der Waals surface area (Å²) in [7, 11) is 0. The molecule has 0 fully saturated rings. The SMILES string of the molecule is C[C@@H](N)c1ccc(Br)cc1OCc1cccc(Cl)c1. The van der Waals surface area contributed by atoms with Crippen molar-refractivity contribution in [2.45, 2.75) is 19.6 Å². The molecule has 0 aliphatic heterocycles. The standard InChI is InChI=1S/C15H15BrClNO/c1-10(18)14-6-5-12(16)8-15(14)19-9-11-3-2-4-13(17)7-11/h2-8,10H,9,18H2,1H3/t10-/m1/s1. The first-order chi connectivity index (χ1) is 9.06. The van der Waals surface area contributed by atoms with E-state index in [9.17, 15) is 0 Å². The van der Waals surface area contributed by atoms with Crippen molar-refractivity contribution in [2.24, 2.45) is 5.73 Å². The summed E-state index contributed by atoms with van der Waals surface area (Å²) in [5.74, 6) is 0.796. The van der Waals surface area contributed by atoms with Gasteiger partial charge in [0, 0.05) is 21.1 Å². The van der Waals surface area contributed by atoms with E-state index in [0.717, 1.165) is 21.3 Å². The molecule has 0 aliphatic carbocycles. The molecule has 19 heavy (non-hydrogen) atoms. The molecule has 0 bridgehead atoms. The minimum absolute atomic E-state index is 0.0672. The third-order valence-electron chi connectivity index (χ3n) is 2.75. The Morgan fingerprint density at radius 1 is 1.26 bits per heavy atom. The van der Waals surface area contributed by atoms with Crippen LogP contribution < -0.4 is 10.5 Å². The summed E-state index contributed by atoms with van der Waals surface area (Å²) in [5.41, 5.74) is 7.96. The van der Waals surface area contributed by atoms with Crippen LogP contribution in [0.25, 0.3) is 0 Å². The van der Waals surface area contributed by atoms with E-state index in [1.165, 1.54) is 0 Å². The third-order valence-corrected chi connectivity index (χ3v) is 3.48. The molecule has 2 N–H and O–H groups in total. The van der Waals surface area contributed by atoms with E-state index >= 15 is 0 Å². The topological polar surface area (TPSA) is 35.2 Å². The van der Waals surface area contributed by atoms with Gasteiger partial charge >= 0.3 is 0 Å². The van der Waals surface area contributed by atoms with E-state index < -0.39 is 0 Å². The Morgan fingerprint density at radius 2 is 2.05 bits per heavy atom. The van der Waals surface area contributed by atoms with Crippen LogP contribution in [0.3, 0.4) is 0 Å². The second-order valence-corrected chi connectivity index (χ2v) is 5.74. The quantitative estimate of drug-likeness (QED) is 0.875. The summed E-state index contributed by atoms with van der Waals surface area (Å²) < 4.78 is 6.82. The number of rotatable bonds is 4. The first kappa shape index (κ1) is 14.4. The Kier molecular flexibility index (Phi) is 4.86. The maximum atomic E-state index is 5.95. The Bertz CT molecular complexity index is 572. The van der Waals surface area contributed by atoms with Gasteiger partial charge in [0.05, 0.1) is 0 Å². The smallest absolute Gasteiger partial charge is 0.125 e. The van der Waals surface area contributed by atoms with Crippen LogP contribution in [0.2, 0.25) is 5.02 Å². The van der Waals surface area contributed by atoms with Crippen LogP contribution in [0.1, 0.15) is 24.1 Å². The summed E-state index contributed by atoms with van der Waals surface area (Å²) >= 11 is 9.39. The number of ether oxygens (including phenoxy) is 1. The van der Waals surface area contributed by atoms with Crippen LogP contribution >= 0.6 is 27.5 Å². The molecule has 0 spiro atoms. The average Bonchev–Trinajstić information content (AvgIpc) is 2.36. The summed E-state index contributed by atoms with van der Waals surface area (Å²) in [6.45, 7) is 2.41. The highest BCUT2D eigenvalue weighted by molar-refractivity contribution is 9.10. The van der Waals surface area contributed by atoms with Crippen LogP contribution in [0.4, 0.5) is 0 Å².